The number of carbonyl (C=O) groups is 2. The first-order valence-electron chi connectivity index (χ1n) is 13.4. The van der Waals surface area contributed by atoms with Gasteiger partial charge in [0, 0.05) is 30.2 Å². The summed E-state index contributed by atoms with van der Waals surface area (Å²) < 4.78 is 24.0. The number of fused-ring (bicyclic) bond motifs is 3. The van der Waals surface area contributed by atoms with E-state index in [0.717, 1.165) is 0 Å². The lowest BCUT2D eigenvalue weighted by Gasteiger charge is -2.70. The molecule has 10 heteroatoms. The van der Waals surface area contributed by atoms with Crippen molar-refractivity contribution in [2.45, 2.75) is 95.0 Å². The summed E-state index contributed by atoms with van der Waals surface area (Å²) in [5.74, 6) is -4.71. The quantitative estimate of drug-likeness (QED) is 0.318. The number of benzene rings is 1. The summed E-state index contributed by atoms with van der Waals surface area (Å²) in [5, 5.41) is 47.5. The number of carbonyl (C=O) groups excluding carboxylic acids is 2. The molecule has 2 aliphatic heterocycles. The Balaban J connectivity index is 1.60. The van der Waals surface area contributed by atoms with Gasteiger partial charge in [0.25, 0.3) is 0 Å². The van der Waals surface area contributed by atoms with Crippen molar-refractivity contribution < 1.29 is 49.0 Å². The molecular weight excluding hydrogens is 508 g/mol. The lowest BCUT2D eigenvalue weighted by Crippen LogP contribution is -2.82. The zero-order valence-electron chi connectivity index (χ0n) is 22.8. The fraction of sp³-hybridized carbons (Fsp3) is 0.655. The molecular formula is C29H36O10. The van der Waals surface area contributed by atoms with Crippen molar-refractivity contribution in [3.8, 4) is 0 Å². The fourth-order valence-electron chi connectivity index (χ4n) is 8.73. The number of ether oxygens (including phenoxy) is 4. The molecule has 2 saturated carbocycles. The van der Waals surface area contributed by atoms with E-state index in [2.05, 4.69) is 0 Å². The standard InChI is InChI=1S/C29H36O10/c1-15-11-20(32)26-13-18-25(5,28(34,22(15)26)23(33)38-24(26,3)4)19(31)12-21(37-16(2)30)27(18)14-36-29(35,39-27)17-9-7-6-8-10-17/h6-10,18-21,31-32,34-35H,11-14H2,1-5H3/t18?,19-,20+,21-,25-,26-,27+,28+,29?/m0/s1. The van der Waals surface area contributed by atoms with Crippen LogP contribution < -0.4 is 0 Å². The topological polar surface area (TPSA) is 152 Å². The molecule has 5 aliphatic rings. The van der Waals surface area contributed by atoms with Crippen LogP contribution in [0, 0.1) is 16.7 Å². The van der Waals surface area contributed by atoms with Gasteiger partial charge >= 0.3 is 17.9 Å². The minimum absolute atomic E-state index is 0.100. The SMILES string of the molecule is CC(=O)O[C@H]1C[C@H](O)[C@]2(C)C(C[C@@]34C(=C(C)C[C@H]3O)[C@@]2(O)C(=O)OC4(C)C)[C@]12COC(O)(c1ccccc1)O2. The van der Waals surface area contributed by atoms with Gasteiger partial charge in [-0.1, -0.05) is 42.8 Å². The second-order valence-electron chi connectivity index (χ2n) is 12.6. The number of aliphatic hydroxyl groups excluding tert-OH is 2. The summed E-state index contributed by atoms with van der Waals surface area (Å²) in [6.45, 7) is 7.76. The Hall–Kier alpha value is -2.34. The van der Waals surface area contributed by atoms with Crippen LogP contribution in [0.15, 0.2) is 41.5 Å². The molecule has 2 heterocycles. The van der Waals surface area contributed by atoms with Crippen LogP contribution in [0.1, 0.15) is 59.4 Å². The maximum Gasteiger partial charge on any atom is 0.343 e. The average molecular weight is 545 g/mol. The molecule has 10 nitrogen and oxygen atoms in total. The summed E-state index contributed by atoms with van der Waals surface area (Å²) in [7, 11) is 0. The average Bonchev–Trinajstić information content (AvgIpc) is 3.35. The molecule has 0 radical (unpaired) electrons. The van der Waals surface area contributed by atoms with Crippen LogP contribution in [0.25, 0.3) is 0 Å². The Bertz CT molecular complexity index is 1280. The third-order valence-corrected chi connectivity index (χ3v) is 10.6. The number of aliphatic hydroxyl groups is 4. The van der Waals surface area contributed by atoms with Gasteiger partial charge < -0.3 is 39.4 Å². The highest BCUT2D eigenvalue weighted by molar-refractivity contribution is 5.89. The first-order valence-corrected chi connectivity index (χ1v) is 13.4. The molecule has 2 bridgehead atoms. The Morgan fingerprint density at radius 3 is 2.38 bits per heavy atom. The lowest BCUT2D eigenvalue weighted by atomic mass is 9.38. The Morgan fingerprint density at radius 2 is 1.74 bits per heavy atom. The van der Waals surface area contributed by atoms with Crippen LogP contribution in [0.2, 0.25) is 0 Å². The predicted molar refractivity (Wildman–Crippen MR) is 133 cm³/mol. The molecule has 39 heavy (non-hydrogen) atoms. The van der Waals surface area contributed by atoms with E-state index < -0.39 is 69.8 Å². The van der Waals surface area contributed by atoms with Crippen LogP contribution in [0.5, 0.6) is 0 Å². The molecule has 3 aliphatic carbocycles. The van der Waals surface area contributed by atoms with Gasteiger partial charge in [-0.2, -0.15) is 0 Å². The van der Waals surface area contributed by atoms with E-state index in [1.807, 2.05) is 0 Å². The molecule has 212 valence electrons. The lowest BCUT2D eigenvalue weighted by molar-refractivity contribution is -0.371. The molecule has 1 spiro atoms. The van der Waals surface area contributed by atoms with Gasteiger partial charge in [0.15, 0.2) is 5.60 Å². The van der Waals surface area contributed by atoms with Gasteiger partial charge in [-0.15, -0.1) is 0 Å². The monoisotopic (exact) mass is 544 g/mol. The van der Waals surface area contributed by atoms with Gasteiger partial charge in [-0.25, -0.2) is 4.79 Å². The Morgan fingerprint density at radius 1 is 1.08 bits per heavy atom. The molecule has 2 saturated heterocycles. The van der Waals surface area contributed by atoms with Gasteiger partial charge in [0.2, 0.25) is 0 Å². The van der Waals surface area contributed by atoms with Crippen molar-refractivity contribution >= 4 is 11.9 Å². The highest BCUT2D eigenvalue weighted by atomic mass is 16.9. The number of esters is 2. The maximum absolute atomic E-state index is 13.8. The van der Waals surface area contributed by atoms with Gasteiger partial charge in [0.1, 0.15) is 17.3 Å². The highest BCUT2D eigenvalue weighted by Crippen LogP contribution is 2.74. The summed E-state index contributed by atoms with van der Waals surface area (Å²) in [6, 6.07) is 8.45. The second-order valence-corrected chi connectivity index (χ2v) is 12.6. The molecule has 9 atom stereocenters. The highest BCUT2D eigenvalue weighted by Gasteiger charge is 2.84. The molecule has 0 aromatic heterocycles. The van der Waals surface area contributed by atoms with Crippen molar-refractivity contribution in [3.05, 3.63) is 47.0 Å². The second kappa shape index (κ2) is 7.90. The molecule has 4 N–H and O–H groups in total. The first kappa shape index (κ1) is 26.9. The molecule has 1 aromatic rings. The van der Waals surface area contributed by atoms with Crippen molar-refractivity contribution in [3.63, 3.8) is 0 Å². The maximum atomic E-state index is 13.8. The molecule has 6 rings (SSSR count). The number of rotatable bonds is 2. The summed E-state index contributed by atoms with van der Waals surface area (Å²) in [6.07, 6.45) is -3.33. The van der Waals surface area contributed by atoms with Crippen LogP contribution in [-0.4, -0.2) is 74.1 Å². The van der Waals surface area contributed by atoms with Gasteiger partial charge in [-0.05, 0) is 39.2 Å². The molecule has 4 fully saturated rings. The molecule has 1 aromatic carbocycles. The minimum Gasteiger partial charge on any atom is -0.459 e. The van der Waals surface area contributed by atoms with Crippen LogP contribution in [0.3, 0.4) is 0 Å². The van der Waals surface area contributed by atoms with Crippen molar-refractivity contribution in [2.75, 3.05) is 6.61 Å². The predicted octanol–water partition coefficient (Wildman–Crippen LogP) is 1.43. The molecule has 2 unspecified atom stereocenters. The van der Waals surface area contributed by atoms with Crippen molar-refractivity contribution in [1.29, 1.82) is 0 Å². The van der Waals surface area contributed by atoms with E-state index in [0.29, 0.717) is 16.7 Å². The number of cyclic esters (lactones) is 1. The van der Waals surface area contributed by atoms with E-state index >= 15 is 0 Å². The Kier molecular flexibility index (Phi) is 5.44. The number of hydrogen-bond acceptors (Lipinski definition) is 10. The fourth-order valence-corrected chi connectivity index (χ4v) is 8.73. The zero-order chi connectivity index (χ0) is 28.4. The Labute approximate surface area is 226 Å². The van der Waals surface area contributed by atoms with Crippen molar-refractivity contribution in [2.24, 2.45) is 16.7 Å². The van der Waals surface area contributed by atoms with E-state index in [4.69, 9.17) is 18.9 Å². The normalized spacial score (nSPS) is 48.0. The van der Waals surface area contributed by atoms with Crippen molar-refractivity contribution in [1.82, 2.24) is 0 Å². The number of hydrogen-bond donors (Lipinski definition) is 4. The van der Waals surface area contributed by atoms with E-state index in [-0.39, 0.29) is 25.9 Å². The largest absolute Gasteiger partial charge is 0.459 e. The van der Waals surface area contributed by atoms with Crippen LogP contribution in [-0.2, 0) is 34.5 Å². The van der Waals surface area contributed by atoms with E-state index in [1.54, 1.807) is 58.0 Å². The summed E-state index contributed by atoms with van der Waals surface area (Å²) in [4.78, 5) is 26.1. The van der Waals surface area contributed by atoms with E-state index in [9.17, 15) is 30.0 Å². The smallest absolute Gasteiger partial charge is 0.343 e. The zero-order valence-corrected chi connectivity index (χ0v) is 22.8. The summed E-state index contributed by atoms with van der Waals surface area (Å²) in [5.41, 5.74) is -6.65. The van der Waals surface area contributed by atoms with E-state index in [1.165, 1.54) is 6.92 Å². The summed E-state index contributed by atoms with van der Waals surface area (Å²) >= 11 is 0. The van der Waals surface area contributed by atoms with Crippen LogP contribution >= 0.6 is 0 Å². The van der Waals surface area contributed by atoms with Gasteiger partial charge in [-0.3, -0.25) is 4.79 Å². The first-order chi connectivity index (χ1) is 18.1. The van der Waals surface area contributed by atoms with Crippen LogP contribution in [0.4, 0.5) is 0 Å². The van der Waals surface area contributed by atoms with Gasteiger partial charge in [0.05, 0.1) is 24.2 Å². The minimum atomic E-state index is -2.32. The third kappa shape index (κ3) is 2.97. The third-order valence-electron chi connectivity index (χ3n) is 10.6. The molecule has 0 amide bonds.